The molecule has 0 bridgehead atoms. The van der Waals surface area contributed by atoms with E-state index in [1.807, 2.05) is 0 Å². The average Bonchev–Trinajstić information content (AvgIpc) is 2.50. The first-order chi connectivity index (χ1) is 10.3. The summed E-state index contributed by atoms with van der Waals surface area (Å²) in [5.41, 5.74) is 0. The molecule has 21 heavy (non-hydrogen) atoms. The van der Waals surface area contributed by atoms with E-state index in [-0.39, 0.29) is 13.2 Å². The largest absolute Gasteiger partial charge is 0.396 e. The number of hydrogen-bond donors (Lipinski definition) is 2. The molecule has 0 radical (unpaired) electrons. The Labute approximate surface area is 129 Å². The maximum Gasteiger partial charge on any atom is 0.222 e. The van der Waals surface area contributed by atoms with Crippen LogP contribution in [-0.2, 0) is 9.47 Å². The number of aliphatic hydroxyl groups excluding tert-OH is 2. The van der Waals surface area contributed by atoms with Crippen LogP contribution in [0.1, 0.15) is 64.7 Å². The highest BCUT2D eigenvalue weighted by molar-refractivity contribution is 5.02. The first-order valence-corrected chi connectivity index (χ1v) is 8.28. The Balaban J connectivity index is 3.89. The minimum absolute atomic E-state index is 0.189. The summed E-state index contributed by atoms with van der Waals surface area (Å²) in [5.74, 6) is 6.16. The summed E-state index contributed by atoms with van der Waals surface area (Å²) in [4.78, 5) is 0. The molecule has 0 heterocycles. The van der Waals surface area contributed by atoms with Crippen molar-refractivity contribution in [2.45, 2.75) is 71.0 Å². The summed E-state index contributed by atoms with van der Waals surface area (Å²) in [7, 11) is 0. The van der Waals surface area contributed by atoms with Gasteiger partial charge in [-0.15, -0.1) is 0 Å². The highest BCUT2D eigenvalue weighted by atomic mass is 16.7. The monoisotopic (exact) mass is 300 g/mol. The van der Waals surface area contributed by atoms with Crippen LogP contribution in [0.5, 0.6) is 0 Å². The lowest BCUT2D eigenvalue weighted by atomic mass is 10.2. The van der Waals surface area contributed by atoms with E-state index in [9.17, 15) is 0 Å². The Bertz CT molecular complexity index is 245. The van der Waals surface area contributed by atoms with Crippen LogP contribution in [0.25, 0.3) is 0 Å². The van der Waals surface area contributed by atoms with Crippen LogP contribution in [0.4, 0.5) is 0 Å². The van der Waals surface area contributed by atoms with E-state index in [1.54, 1.807) is 0 Å². The van der Waals surface area contributed by atoms with Gasteiger partial charge in [0.15, 0.2) is 0 Å². The lowest BCUT2D eigenvalue weighted by molar-refractivity contribution is -0.107. The first-order valence-electron chi connectivity index (χ1n) is 8.28. The highest BCUT2D eigenvalue weighted by Gasteiger charge is 2.04. The molecule has 0 aromatic heterocycles. The first kappa shape index (κ1) is 20.4. The van der Waals surface area contributed by atoms with Crippen LogP contribution in [0, 0.1) is 11.8 Å². The Morgan fingerprint density at radius 3 is 1.95 bits per heavy atom. The van der Waals surface area contributed by atoms with Crippen molar-refractivity contribution in [2.24, 2.45) is 0 Å². The van der Waals surface area contributed by atoms with E-state index in [2.05, 4.69) is 18.8 Å². The van der Waals surface area contributed by atoms with Crippen molar-refractivity contribution in [1.82, 2.24) is 0 Å². The molecule has 0 saturated heterocycles. The molecule has 0 aromatic rings. The minimum Gasteiger partial charge on any atom is -0.396 e. The molecule has 2 N–H and O–H groups in total. The Hall–Kier alpha value is -0.600. The molecule has 0 spiro atoms. The summed E-state index contributed by atoms with van der Waals surface area (Å²) in [5, 5.41) is 17.5. The molecule has 0 unspecified atom stereocenters. The standard InChI is InChI=1S/C17H32O4/c1-2-3-4-5-6-7-12-17(20-15-10-8-13-18)21-16-11-9-14-19/h17-19H,2-6,8-11,13-16H2,1H3. The maximum atomic E-state index is 8.74. The van der Waals surface area contributed by atoms with Crippen molar-refractivity contribution in [3.63, 3.8) is 0 Å². The normalized spacial score (nSPS) is 10.7. The minimum atomic E-state index is -0.478. The second-order valence-corrected chi connectivity index (χ2v) is 5.07. The molecule has 0 saturated carbocycles. The maximum absolute atomic E-state index is 8.74. The molecular formula is C17H32O4. The van der Waals surface area contributed by atoms with Crippen molar-refractivity contribution >= 4 is 0 Å². The number of unbranched alkanes of at least 4 members (excludes halogenated alkanes) is 6. The fraction of sp³-hybridized carbons (Fsp3) is 0.882. The van der Waals surface area contributed by atoms with Crippen LogP contribution in [0.2, 0.25) is 0 Å². The van der Waals surface area contributed by atoms with Crippen LogP contribution >= 0.6 is 0 Å². The summed E-state index contributed by atoms with van der Waals surface area (Å²) >= 11 is 0. The Morgan fingerprint density at radius 2 is 1.43 bits per heavy atom. The molecule has 4 heteroatoms. The van der Waals surface area contributed by atoms with Crippen molar-refractivity contribution < 1.29 is 19.7 Å². The van der Waals surface area contributed by atoms with Gasteiger partial charge in [0, 0.05) is 19.6 Å². The SMILES string of the molecule is CCCCCCC#CC(OCCCCO)OCCCCO. The fourth-order valence-electron chi connectivity index (χ4n) is 1.74. The van der Waals surface area contributed by atoms with Crippen molar-refractivity contribution in [1.29, 1.82) is 0 Å². The van der Waals surface area contributed by atoms with Gasteiger partial charge in [0.05, 0.1) is 13.2 Å². The molecule has 0 amide bonds. The van der Waals surface area contributed by atoms with Gasteiger partial charge in [-0.3, -0.25) is 0 Å². The van der Waals surface area contributed by atoms with E-state index in [0.717, 1.165) is 38.5 Å². The van der Waals surface area contributed by atoms with Crippen LogP contribution in [0.15, 0.2) is 0 Å². The molecule has 0 rings (SSSR count). The number of ether oxygens (including phenoxy) is 2. The summed E-state index contributed by atoms with van der Waals surface area (Å²) in [6, 6.07) is 0. The van der Waals surface area contributed by atoms with Gasteiger partial charge >= 0.3 is 0 Å². The van der Waals surface area contributed by atoms with E-state index in [1.165, 1.54) is 19.3 Å². The van der Waals surface area contributed by atoms with Gasteiger partial charge in [0.1, 0.15) is 0 Å². The van der Waals surface area contributed by atoms with Gasteiger partial charge in [0.25, 0.3) is 0 Å². The quantitative estimate of drug-likeness (QED) is 0.294. The van der Waals surface area contributed by atoms with Gasteiger partial charge in [-0.1, -0.05) is 32.1 Å². The number of rotatable bonds is 14. The van der Waals surface area contributed by atoms with Crippen molar-refractivity contribution in [2.75, 3.05) is 26.4 Å². The highest BCUT2D eigenvalue weighted by Crippen LogP contribution is 2.03. The lowest BCUT2D eigenvalue weighted by Gasteiger charge is -2.13. The smallest absolute Gasteiger partial charge is 0.222 e. The third kappa shape index (κ3) is 15.6. The number of aliphatic hydroxyl groups is 2. The Morgan fingerprint density at radius 1 is 0.810 bits per heavy atom. The summed E-state index contributed by atoms with van der Waals surface area (Å²) in [6.07, 6.45) is 8.36. The van der Waals surface area contributed by atoms with Crippen LogP contribution < -0.4 is 0 Å². The second kappa shape index (κ2) is 17.5. The predicted octanol–water partition coefficient (Wildman–Crippen LogP) is 2.86. The van der Waals surface area contributed by atoms with E-state index in [0.29, 0.717) is 13.2 Å². The predicted molar refractivity (Wildman–Crippen MR) is 84.9 cm³/mol. The third-order valence-electron chi connectivity index (χ3n) is 3.02. The lowest BCUT2D eigenvalue weighted by Crippen LogP contribution is -2.17. The molecular weight excluding hydrogens is 268 g/mol. The van der Waals surface area contributed by atoms with Gasteiger partial charge in [-0.05, 0) is 38.0 Å². The fourth-order valence-corrected chi connectivity index (χ4v) is 1.74. The molecule has 4 nitrogen and oxygen atoms in total. The van der Waals surface area contributed by atoms with Crippen molar-refractivity contribution in [3.8, 4) is 11.8 Å². The topological polar surface area (TPSA) is 58.9 Å². The Kier molecular flexibility index (Phi) is 17.0. The molecule has 0 aromatic carbocycles. The zero-order valence-corrected chi connectivity index (χ0v) is 13.5. The summed E-state index contributed by atoms with van der Waals surface area (Å²) < 4.78 is 11.2. The van der Waals surface area contributed by atoms with Gasteiger partial charge in [-0.2, -0.15) is 0 Å². The molecule has 0 aliphatic heterocycles. The van der Waals surface area contributed by atoms with Crippen LogP contribution in [0.3, 0.4) is 0 Å². The molecule has 0 aliphatic rings. The van der Waals surface area contributed by atoms with E-state index < -0.39 is 6.29 Å². The van der Waals surface area contributed by atoms with Crippen molar-refractivity contribution in [3.05, 3.63) is 0 Å². The third-order valence-corrected chi connectivity index (χ3v) is 3.02. The average molecular weight is 300 g/mol. The molecule has 0 fully saturated rings. The van der Waals surface area contributed by atoms with E-state index >= 15 is 0 Å². The number of hydrogen-bond acceptors (Lipinski definition) is 4. The van der Waals surface area contributed by atoms with Gasteiger partial charge in [0.2, 0.25) is 6.29 Å². The van der Waals surface area contributed by atoms with Crippen LogP contribution in [-0.4, -0.2) is 42.9 Å². The zero-order valence-electron chi connectivity index (χ0n) is 13.5. The second-order valence-electron chi connectivity index (χ2n) is 5.07. The van der Waals surface area contributed by atoms with E-state index in [4.69, 9.17) is 19.7 Å². The van der Waals surface area contributed by atoms with Gasteiger partial charge in [-0.25, -0.2) is 0 Å². The zero-order chi connectivity index (χ0) is 15.6. The summed E-state index contributed by atoms with van der Waals surface area (Å²) in [6.45, 7) is 3.68. The molecule has 124 valence electrons. The van der Waals surface area contributed by atoms with Gasteiger partial charge < -0.3 is 19.7 Å². The molecule has 0 atom stereocenters. The molecule has 0 aliphatic carbocycles.